The molecule has 2 aromatic carbocycles. The lowest BCUT2D eigenvalue weighted by molar-refractivity contribution is -0.151. The van der Waals surface area contributed by atoms with Gasteiger partial charge >= 0.3 is 12.1 Å². The molecule has 3 atom stereocenters. The van der Waals surface area contributed by atoms with E-state index in [1.807, 2.05) is 48.5 Å². The molecule has 3 unspecified atom stereocenters. The number of ether oxygens (including phenoxy) is 3. The average molecular weight is 483 g/mol. The van der Waals surface area contributed by atoms with Gasteiger partial charge in [-0.15, -0.1) is 0 Å². The summed E-state index contributed by atoms with van der Waals surface area (Å²) in [4.78, 5) is 39.2. The van der Waals surface area contributed by atoms with E-state index in [9.17, 15) is 19.5 Å². The number of carboxylic acids is 1. The highest BCUT2D eigenvalue weighted by Crippen LogP contribution is 2.44. The number of nitrogens with zero attached hydrogens (tertiary/aromatic N) is 1. The van der Waals surface area contributed by atoms with Crippen LogP contribution in [0.1, 0.15) is 30.4 Å². The molecule has 2 aromatic rings. The summed E-state index contributed by atoms with van der Waals surface area (Å²) in [5, 5.41) is 12.2. The van der Waals surface area contributed by atoms with E-state index < -0.39 is 35.7 Å². The number of nitrogens with one attached hydrogen (secondary N) is 1. The zero-order chi connectivity index (χ0) is 25.2. The summed E-state index contributed by atoms with van der Waals surface area (Å²) < 4.78 is 16.1. The van der Waals surface area contributed by atoms with Gasteiger partial charge in [0.1, 0.15) is 18.2 Å². The molecule has 2 N–H and O–H groups in total. The summed E-state index contributed by atoms with van der Waals surface area (Å²) in [7, 11) is 2.88. The fourth-order valence-electron chi connectivity index (χ4n) is 5.04. The van der Waals surface area contributed by atoms with E-state index >= 15 is 0 Å². The topological polar surface area (TPSA) is 114 Å². The van der Waals surface area contributed by atoms with Crippen molar-refractivity contribution in [1.82, 2.24) is 10.2 Å². The SMILES string of the molecule is COCC(C)(NC(=O)OCC1c2ccccc2-c2ccccc21)C(=O)N1CC(OC)CC1C(=O)O. The number of carbonyl (C=O) groups excluding carboxylic acids is 2. The molecule has 1 heterocycles. The monoisotopic (exact) mass is 482 g/mol. The summed E-state index contributed by atoms with van der Waals surface area (Å²) in [5.41, 5.74) is 2.84. The molecule has 0 radical (unpaired) electrons. The minimum absolute atomic E-state index is 0.0876. The first-order valence-corrected chi connectivity index (χ1v) is 11.5. The molecule has 0 spiro atoms. The molecule has 2 amide bonds. The molecule has 1 aliphatic heterocycles. The second kappa shape index (κ2) is 10.1. The Balaban J connectivity index is 1.48. The molecule has 1 fully saturated rings. The van der Waals surface area contributed by atoms with Gasteiger partial charge in [0.25, 0.3) is 5.91 Å². The Hall–Kier alpha value is -3.43. The van der Waals surface area contributed by atoms with Crippen LogP contribution in [-0.2, 0) is 23.8 Å². The lowest BCUT2D eigenvalue weighted by Crippen LogP contribution is -2.62. The first-order valence-electron chi connectivity index (χ1n) is 11.5. The molecular weight excluding hydrogens is 452 g/mol. The molecule has 0 bridgehead atoms. The Morgan fingerprint density at radius 3 is 2.20 bits per heavy atom. The fraction of sp³-hybridized carbons (Fsp3) is 0.423. The van der Waals surface area contributed by atoms with E-state index in [1.165, 1.54) is 26.0 Å². The highest BCUT2D eigenvalue weighted by molar-refractivity contribution is 5.93. The van der Waals surface area contributed by atoms with Crippen LogP contribution < -0.4 is 5.32 Å². The fourth-order valence-corrected chi connectivity index (χ4v) is 5.04. The summed E-state index contributed by atoms with van der Waals surface area (Å²) in [6.07, 6.45) is -1.01. The lowest BCUT2D eigenvalue weighted by Gasteiger charge is -2.34. The van der Waals surface area contributed by atoms with Gasteiger partial charge < -0.3 is 29.5 Å². The Labute approximate surface area is 204 Å². The number of methoxy groups -OCH3 is 2. The first-order chi connectivity index (χ1) is 16.8. The number of carbonyl (C=O) groups is 3. The van der Waals surface area contributed by atoms with Gasteiger partial charge in [-0.1, -0.05) is 48.5 Å². The van der Waals surface area contributed by atoms with Crippen LogP contribution in [0, 0.1) is 0 Å². The molecule has 2 aliphatic rings. The zero-order valence-electron chi connectivity index (χ0n) is 20.0. The van der Waals surface area contributed by atoms with Gasteiger partial charge in [0.2, 0.25) is 0 Å². The van der Waals surface area contributed by atoms with Gasteiger partial charge in [-0.3, -0.25) is 4.79 Å². The van der Waals surface area contributed by atoms with Crippen LogP contribution in [0.2, 0.25) is 0 Å². The van der Waals surface area contributed by atoms with E-state index in [4.69, 9.17) is 14.2 Å². The van der Waals surface area contributed by atoms with Crippen LogP contribution in [-0.4, -0.2) is 79.6 Å². The maximum Gasteiger partial charge on any atom is 0.408 e. The van der Waals surface area contributed by atoms with Crippen molar-refractivity contribution in [2.75, 3.05) is 34.0 Å². The highest BCUT2D eigenvalue weighted by Gasteiger charge is 2.47. The predicted octanol–water partition coefficient (Wildman–Crippen LogP) is 2.63. The molecule has 186 valence electrons. The Morgan fingerprint density at radius 1 is 1.06 bits per heavy atom. The number of benzene rings is 2. The van der Waals surface area contributed by atoms with E-state index in [0.29, 0.717) is 0 Å². The maximum absolute atomic E-state index is 13.4. The van der Waals surface area contributed by atoms with E-state index in [-0.39, 0.29) is 32.1 Å². The van der Waals surface area contributed by atoms with E-state index in [1.54, 1.807) is 0 Å². The smallest absolute Gasteiger partial charge is 0.408 e. The van der Waals surface area contributed by atoms with Crippen molar-refractivity contribution in [3.8, 4) is 11.1 Å². The third-order valence-corrected chi connectivity index (χ3v) is 6.77. The molecular formula is C26H30N2O7. The van der Waals surface area contributed by atoms with Gasteiger partial charge in [-0.05, 0) is 29.2 Å². The largest absolute Gasteiger partial charge is 0.480 e. The third-order valence-electron chi connectivity index (χ3n) is 6.77. The summed E-state index contributed by atoms with van der Waals surface area (Å²) in [6.45, 7) is 1.54. The summed E-state index contributed by atoms with van der Waals surface area (Å²) in [5.74, 6) is -1.83. The van der Waals surface area contributed by atoms with Crippen molar-refractivity contribution >= 4 is 18.0 Å². The molecule has 35 heavy (non-hydrogen) atoms. The van der Waals surface area contributed by atoms with E-state index in [2.05, 4.69) is 5.32 Å². The molecule has 1 saturated heterocycles. The van der Waals surface area contributed by atoms with Crippen molar-refractivity contribution in [2.24, 2.45) is 0 Å². The quantitative estimate of drug-likeness (QED) is 0.594. The van der Waals surface area contributed by atoms with Gasteiger partial charge in [0, 0.05) is 33.1 Å². The number of aliphatic carboxylic acids is 1. The van der Waals surface area contributed by atoms with Gasteiger partial charge in [-0.25, -0.2) is 9.59 Å². The standard InChI is InChI=1S/C26H30N2O7/c1-26(15-33-2,24(31)28-13-16(34-3)12-22(28)23(29)30)27-25(32)35-14-21-19-10-6-4-8-17(19)18-9-5-7-11-20(18)21/h4-11,16,21-22H,12-15H2,1-3H3,(H,27,32)(H,29,30). The Kier molecular flexibility index (Phi) is 7.09. The number of carboxylic acid groups (broad SMARTS) is 1. The summed E-state index contributed by atoms with van der Waals surface area (Å²) in [6, 6.07) is 14.9. The van der Waals surface area contributed by atoms with Crippen molar-refractivity contribution < 1.29 is 33.7 Å². The van der Waals surface area contributed by atoms with Gasteiger partial charge in [0.15, 0.2) is 0 Å². The molecule has 0 saturated carbocycles. The molecule has 9 nitrogen and oxygen atoms in total. The predicted molar refractivity (Wildman–Crippen MR) is 127 cm³/mol. The maximum atomic E-state index is 13.4. The Bertz CT molecular complexity index is 1070. The molecule has 1 aliphatic carbocycles. The minimum Gasteiger partial charge on any atom is -0.480 e. The second-order valence-electron chi connectivity index (χ2n) is 9.12. The number of amides is 2. The first kappa shape index (κ1) is 24.7. The second-order valence-corrected chi connectivity index (χ2v) is 9.12. The lowest BCUT2D eigenvalue weighted by atomic mass is 9.98. The number of alkyl carbamates (subject to hydrolysis) is 1. The van der Waals surface area contributed by atoms with Gasteiger partial charge in [0.05, 0.1) is 12.7 Å². The molecule has 4 rings (SSSR count). The van der Waals surface area contributed by atoms with Crippen LogP contribution in [0.4, 0.5) is 4.79 Å². The number of hydrogen-bond donors (Lipinski definition) is 2. The highest BCUT2D eigenvalue weighted by atomic mass is 16.5. The van der Waals surface area contributed by atoms with Crippen LogP contribution in [0.3, 0.4) is 0 Å². The van der Waals surface area contributed by atoms with Crippen molar-refractivity contribution in [3.05, 3.63) is 59.7 Å². The number of fused-ring (bicyclic) bond motifs is 3. The Morgan fingerprint density at radius 2 is 1.66 bits per heavy atom. The number of hydrogen-bond acceptors (Lipinski definition) is 6. The summed E-state index contributed by atoms with van der Waals surface area (Å²) >= 11 is 0. The number of likely N-dealkylation sites (tertiary alicyclic amines) is 1. The van der Waals surface area contributed by atoms with Crippen LogP contribution in [0.5, 0.6) is 0 Å². The van der Waals surface area contributed by atoms with Crippen molar-refractivity contribution in [1.29, 1.82) is 0 Å². The van der Waals surface area contributed by atoms with Crippen LogP contribution in [0.15, 0.2) is 48.5 Å². The third kappa shape index (κ3) is 4.74. The molecule has 0 aromatic heterocycles. The van der Waals surface area contributed by atoms with Crippen molar-refractivity contribution in [2.45, 2.75) is 36.9 Å². The van der Waals surface area contributed by atoms with Gasteiger partial charge in [-0.2, -0.15) is 0 Å². The number of rotatable bonds is 8. The normalized spacial score (nSPS) is 20.6. The molecule has 9 heteroatoms. The van der Waals surface area contributed by atoms with E-state index in [0.717, 1.165) is 22.3 Å². The van der Waals surface area contributed by atoms with Crippen LogP contribution >= 0.6 is 0 Å². The van der Waals surface area contributed by atoms with Crippen molar-refractivity contribution in [3.63, 3.8) is 0 Å². The minimum atomic E-state index is -1.52. The average Bonchev–Trinajstić information content (AvgIpc) is 3.42. The van der Waals surface area contributed by atoms with Crippen LogP contribution in [0.25, 0.3) is 11.1 Å². The zero-order valence-corrected chi connectivity index (χ0v) is 20.0.